The first-order chi connectivity index (χ1) is 32.6. The number of hydrogen-bond donors (Lipinski definition) is 0. The van der Waals surface area contributed by atoms with Crippen LogP contribution in [0.4, 0.5) is 0 Å². The number of esters is 1. The molecule has 0 bridgehead atoms. The maximum atomic E-state index is 17.0. The molecule has 0 aliphatic rings. The fourth-order valence-corrected chi connectivity index (χ4v) is 10.1. The van der Waals surface area contributed by atoms with Gasteiger partial charge in [0.05, 0.1) is 205 Å². The number of nitrogens with zero attached hydrogens (tertiary/aromatic N) is 20. The highest BCUT2D eigenvalue weighted by Gasteiger charge is 2.96. The molecule has 0 aliphatic heterocycles. The van der Waals surface area contributed by atoms with E-state index in [1.54, 1.807) is 0 Å². The van der Waals surface area contributed by atoms with Crippen molar-refractivity contribution in [1.29, 1.82) is 105 Å². The van der Waals surface area contributed by atoms with Crippen LogP contribution in [-0.4, -0.2) is 12.6 Å². The standard InChI is InChI=1S/C46H32N20O2/c1-2-3-26-68-37(67)46(43(33-64,36(27-58)4-15-47)38(28-59,5-16-48)6-17-49,44(34-65,39(29-60,7-18-50)8-19-51)40(30-61,9-20-52)10-21-53)45(35-66,41(31-62,11-22-54)12-23-55)42(32-63,13-24-56)14-25-57/h36H,2-14,26H2,1H3. The van der Waals surface area contributed by atoms with Gasteiger partial charge in [-0.15, -0.1) is 0 Å². The maximum Gasteiger partial charge on any atom is 0.317 e. The van der Waals surface area contributed by atoms with E-state index in [1.807, 2.05) is 0 Å². The number of carbonyl (C=O) groups excluding carboxylic acids is 1. The third-order valence-corrected chi connectivity index (χ3v) is 12.7. The Morgan fingerprint density at radius 1 is 0.397 bits per heavy atom. The van der Waals surface area contributed by atoms with Crippen molar-refractivity contribution in [2.75, 3.05) is 6.61 Å². The molecule has 0 spiro atoms. The van der Waals surface area contributed by atoms with Gasteiger partial charge in [-0.3, -0.25) is 4.79 Å². The van der Waals surface area contributed by atoms with Gasteiger partial charge in [-0.05, 0) is 6.42 Å². The molecule has 0 heterocycles. The molecule has 0 N–H and O–H groups in total. The van der Waals surface area contributed by atoms with Crippen LogP contribution in [0.15, 0.2) is 0 Å². The quantitative estimate of drug-likeness (QED) is 0.0841. The Labute approximate surface area is 392 Å². The highest BCUT2D eigenvalue weighted by Crippen LogP contribution is 2.85. The van der Waals surface area contributed by atoms with E-state index in [0.29, 0.717) is 0 Å². The normalized spacial score (nSPS) is 12.2. The summed E-state index contributed by atoms with van der Waals surface area (Å²) in [5, 5.41) is 225. The molecule has 0 aromatic carbocycles. The van der Waals surface area contributed by atoms with E-state index in [-0.39, 0.29) is 12.8 Å². The third kappa shape index (κ3) is 7.51. The Bertz CT molecular complexity index is 2560. The summed E-state index contributed by atoms with van der Waals surface area (Å²) in [5.74, 6) is -5.42. The Morgan fingerprint density at radius 2 is 0.676 bits per heavy atom. The van der Waals surface area contributed by atoms with E-state index in [2.05, 4.69) is 0 Å². The van der Waals surface area contributed by atoms with Crippen molar-refractivity contribution in [1.82, 2.24) is 0 Å². The Morgan fingerprint density at radius 3 is 0.868 bits per heavy atom. The molecule has 0 fully saturated rings. The number of unbranched alkanes of at least 4 members (excludes halogenated alkanes) is 1. The average Bonchev–Trinajstić information content (AvgIpc) is 3.34. The van der Waals surface area contributed by atoms with Crippen molar-refractivity contribution in [3.8, 4) is 121 Å². The summed E-state index contributed by atoms with van der Waals surface area (Å²) < 4.78 is 5.86. The Kier molecular flexibility index (Phi) is 20.4. The van der Waals surface area contributed by atoms with Crippen molar-refractivity contribution in [2.45, 2.75) is 90.4 Å². The van der Waals surface area contributed by atoms with Crippen LogP contribution in [-0.2, 0) is 9.53 Å². The van der Waals surface area contributed by atoms with Gasteiger partial charge in [0, 0.05) is 0 Å². The van der Waals surface area contributed by atoms with Gasteiger partial charge >= 0.3 is 5.97 Å². The van der Waals surface area contributed by atoms with E-state index in [4.69, 9.17) is 4.74 Å². The number of carbonyl (C=O) groups is 1. The molecular formula is C46H32N20O2. The predicted molar refractivity (Wildman–Crippen MR) is 214 cm³/mol. The SMILES string of the molecule is CCCCOC(=O)C(C(C#N)(C(C#N)CC#N)C(C#N)(CC#N)CC#N)(C(C#N)(C(C#N)(CC#N)CC#N)C(C#N)(CC#N)CC#N)C(C#N)(C(C#N)(CC#N)CC#N)C(C#N)(CC#N)CC#N. The van der Waals surface area contributed by atoms with Crippen LogP contribution in [0.5, 0.6) is 0 Å². The van der Waals surface area contributed by atoms with Gasteiger partial charge in [-0.25, -0.2) is 0 Å². The first kappa shape index (κ1) is 57.3. The molecule has 0 aromatic rings. The van der Waals surface area contributed by atoms with E-state index >= 15 is 4.79 Å². The third-order valence-electron chi connectivity index (χ3n) is 12.7. The molecule has 0 rings (SSSR count). The van der Waals surface area contributed by atoms with E-state index in [1.165, 1.54) is 128 Å². The molecule has 22 heteroatoms. The second-order valence-electron chi connectivity index (χ2n) is 15.2. The molecule has 0 amide bonds. The summed E-state index contributed by atoms with van der Waals surface area (Å²) in [7, 11) is 0. The summed E-state index contributed by atoms with van der Waals surface area (Å²) in [6, 6.07) is 30.2. The lowest BCUT2D eigenvalue weighted by atomic mass is 9.21. The van der Waals surface area contributed by atoms with Crippen LogP contribution < -0.4 is 0 Å². The van der Waals surface area contributed by atoms with Crippen LogP contribution in [0.1, 0.15) is 90.4 Å². The molecule has 2 atom stereocenters. The highest BCUT2D eigenvalue weighted by molar-refractivity contribution is 5.86. The minimum Gasteiger partial charge on any atom is -0.465 e. The van der Waals surface area contributed by atoms with Crippen LogP contribution >= 0.6 is 0 Å². The van der Waals surface area contributed by atoms with Crippen molar-refractivity contribution >= 4 is 5.97 Å². The van der Waals surface area contributed by atoms with Gasteiger partial charge in [-0.2, -0.15) is 105 Å². The van der Waals surface area contributed by atoms with Crippen LogP contribution in [0.25, 0.3) is 0 Å². The molecule has 2 unspecified atom stereocenters. The molecule has 22 nitrogen and oxygen atoms in total. The number of nitriles is 20. The van der Waals surface area contributed by atoms with Gasteiger partial charge in [0.2, 0.25) is 0 Å². The zero-order valence-electron chi connectivity index (χ0n) is 36.2. The average molecular weight is 897 g/mol. The van der Waals surface area contributed by atoms with E-state index in [9.17, 15) is 105 Å². The Hall–Kier alpha value is -10.7. The summed E-state index contributed by atoms with van der Waals surface area (Å²) in [6.45, 7) is 0.506. The van der Waals surface area contributed by atoms with Crippen LogP contribution in [0.3, 0.4) is 0 Å². The summed E-state index contributed by atoms with van der Waals surface area (Å²) in [4.78, 5) is 17.0. The van der Waals surface area contributed by atoms with Gasteiger partial charge in [0.15, 0.2) is 0 Å². The molecule has 0 aromatic heterocycles. The lowest BCUT2D eigenvalue weighted by molar-refractivity contribution is -0.277. The van der Waals surface area contributed by atoms with Crippen molar-refractivity contribution in [3.05, 3.63) is 0 Å². The lowest BCUT2D eigenvalue weighted by Gasteiger charge is -2.71. The second kappa shape index (κ2) is 24.2. The summed E-state index contributed by atoms with van der Waals surface area (Å²) in [6.07, 6.45) is -18.5. The lowest BCUT2D eigenvalue weighted by Crippen LogP contribution is -2.82. The topological polar surface area (TPSA) is 502 Å². The second-order valence-corrected chi connectivity index (χ2v) is 15.2. The zero-order chi connectivity index (χ0) is 52.4. The van der Waals surface area contributed by atoms with Gasteiger partial charge < -0.3 is 4.74 Å². The van der Waals surface area contributed by atoms with E-state index < -0.39 is 138 Å². The smallest absolute Gasteiger partial charge is 0.317 e. The fraction of sp³-hybridized carbons (Fsp3) is 0.543. The zero-order valence-corrected chi connectivity index (χ0v) is 36.2. The maximum absolute atomic E-state index is 17.0. The van der Waals surface area contributed by atoms with Gasteiger partial charge in [-0.1, -0.05) is 13.3 Å². The summed E-state index contributed by atoms with van der Waals surface area (Å²) >= 11 is 0. The van der Waals surface area contributed by atoms with Crippen LogP contribution in [0, 0.1) is 281 Å². The van der Waals surface area contributed by atoms with E-state index in [0.717, 1.165) is 0 Å². The minimum absolute atomic E-state index is 0.0582. The fourth-order valence-electron chi connectivity index (χ4n) is 10.1. The van der Waals surface area contributed by atoms with Crippen molar-refractivity contribution < 1.29 is 9.53 Å². The van der Waals surface area contributed by atoms with Crippen molar-refractivity contribution in [3.63, 3.8) is 0 Å². The number of hydrogen-bond acceptors (Lipinski definition) is 22. The van der Waals surface area contributed by atoms with Crippen LogP contribution in [0.2, 0.25) is 0 Å². The van der Waals surface area contributed by atoms with Gasteiger partial charge in [0.1, 0.15) is 48.7 Å². The summed E-state index contributed by atoms with van der Waals surface area (Å²) in [5.41, 5.74) is -36.6. The molecular weight excluding hydrogens is 865 g/mol. The Balaban J connectivity index is 13.4. The first-order valence-corrected chi connectivity index (χ1v) is 19.5. The molecule has 0 aliphatic carbocycles. The molecule has 0 saturated carbocycles. The molecule has 68 heavy (non-hydrogen) atoms. The molecule has 0 radical (unpaired) electrons. The number of rotatable bonds is 24. The largest absolute Gasteiger partial charge is 0.465 e. The first-order valence-electron chi connectivity index (χ1n) is 19.5. The number of ether oxygens (including phenoxy) is 1. The van der Waals surface area contributed by atoms with Gasteiger partial charge in [0.25, 0.3) is 0 Å². The highest BCUT2D eigenvalue weighted by atomic mass is 16.5. The monoisotopic (exact) mass is 896 g/mol. The molecule has 328 valence electrons. The minimum atomic E-state index is -4.89. The van der Waals surface area contributed by atoms with Crippen molar-refractivity contribution in [2.24, 2.45) is 54.7 Å². The predicted octanol–water partition coefficient (Wildman–Crippen LogP) is 5.59. The molecule has 0 saturated heterocycles.